The topological polar surface area (TPSA) is 63.5 Å². The average Bonchev–Trinajstić information content (AvgIpc) is 3.03. The van der Waals surface area contributed by atoms with Gasteiger partial charge in [0.15, 0.2) is 0 Å². The molecule has 0 bridgehead atoms. The van der Waals surface area contributed by atoms with Gasteiger partial charge < -0.3 is 14.5 Å². The Morgan fingerprint density at radius 1 is 1.26 bits per heavy atom. The Morgan fingerprint density at radius 3 is 2.48 bits per heavy atom. The van der Waals surface area contributed by atoms with Crippen LogP contribution in [0.5, 0.6) is 5.75 Å². The zero-order valence-electron chi connectivity index (χ0n) is 12.2. The van der Waals surface area contributed by atoms with Crippen molar-refractivity contribution in [3.05, 3.63) is 54.0 Å². The normalized spacial score (nSPS) is 12.7. The van der Waals surface area contributed by atoms with Crippen LogP contribution in [0.4, 0.5) is 0 Å². The Hall–Kier alpha value is -1.40. The van der Waals surface area contributed by atoms with Gasteiger partial charge in [0, 0.05) is 5.56 Å². The summed E-state index contributed by atoms with van der Waals surface area (Å²) >= 11 is 17.8. The van der Waals surface area contributed by atoms with Gasteiger partial charge in [-0.15, -0.1) is 0 Å². The molecule has 1 unspecified atom stereocenters. The SMILES string of the molecule is COc1ccc(C(=O)NC(NCc2ccco2)C(Cl)(Cl)Cl)cc1. The fourth-order valence-electron chi connectivity index (χ4n) is 1.82. The summed E-state index contributed by atoms with van der Waals surface area (Å²) in [6.07, 6.45) is 0.643. The molecule has 5 nitrogen and oxygen atoms in total. The van der Waals surface area contributed by atoms with E-state index in [1.54, 1.807) is 43.5 Å². The number of amides is 1. The Kier molecular flexibility index (Phi) is 6.18. The van der Waals surface area contributed by atoms with Crippen molar-refractivity contribution in [2.45, 2.75) is 16.5 Å². The van der Waals surface area contributed by atoms with Crippen molar-refractivity contribution in [1.82, 2.24) is 10.6 Å². The highest BCUT2D eigenvalue weighted by Crippen LogP contribution is 2.29. The van der Waals surface area contributed by atoms with E-state index in [4.69, 9.17) is 44.0 Å². The molecule has 0 saturated heterocycles. The minimum Gasteiger partial charge on any atom is -0.497 e. The molecule has 2 N–H and O–H groups in total. The summed E-state index contributed by atoms with van der Waals surface area (Å²) in [5.74, 6) is 0.925. The van der Waals surface area contributed by atoms with Gasteiger partial charge in [0.1, 0.15) is 17.7 Å². The molecular weight excluding hydrogens is 363 g/mol. The van der Waals surface area contributed by atoms with Crippen molar-refractivity contribution in [3.63, 3.8) is 0 Å². The number of benzene rings is 1. The molecule has 1 aromatic carbocycles. The largest absolute Gasteiger partial charge is 0.497 e. The van der Waals surface area contributed by atoms with Crippen LogP contribution < -0.4 is 15.4 Å². The lowest BCUT2D eigenvalue weighted by Crippen LogP contribution is -2.53. The Balaban J connectivity index is 2.02. The molecule has 1 aromatic heterocycles. The van der Waals surface area contributed by atoms with Crippen LogP contribution >= 0.6 is 34.8 Å². The van der Waals surface area contributed by atoms with Crippen molar-refractivity contribution < 1.29 is 13.9 Å². The summed E-state index contributed by atoms with van der Waals surface area (Å²) < 4.78 is 8.51. The second-order valence-electron chi connectivity index (χ2n) is 4.64. The molecule has 1 atom stereocenters. The fraction of sp³-hybridized carbons (Fsp3) is 0.267. The van der Waals surface area contributed by atoms with E-state index in [1.165, 1.54) is 6.26 Å². The second-order valence-corrected chi connectivity index (χ2v) is 7.01. The molecule has 0 aliphatic carbocycles. The molecule has 0 aliphatic rings. The van der Waals surface area contributed by atoms with Gasteiger partial charge in [0.05, 0.1) is 19.9 Å². The van der Waals surface area contributed by atoms with E-state index in [0.29, 0.717) is 23.6 Å². The summed E-state index contributed by atoms with van der Waals surface area (Å²) in [6.45, 7) is 0.300. The summed E-state index contributed by atoms with van der Waals surface area (Å²) in [6, 6.07) is 10.1. The number of ether oxygens (including phenoxy) is 1. The number of carbonyl (C=O) groups excluding carboxylic acids is 1. The number of carbonyl (C=O) groups is 1. The van der Waals surface area contributed by atoms with Crippen molar-refractivity contribution in [2.24, 2.45) is 0 Å². The number of hydrogen-bond acceptors (Lipinski definition) is 4. The van der Waals surface area contributed by atoms with E-state index in [9.17, 15) is 4.79 Å². The number of furan rings is 1. The molecule has 2 rings (SSSR count). The van der Waals surface area contributed by atoms with Crippen LogP contribution in [-0.2, 0) is 6.54 Å². The van der Waals surface area contributed by atoms with E-state index >= 15 is 0 Å². The molecular formula is C15H15Cl3N2O3. The van der Waals surface area contributed by atoms with Gasteiger partial charge in [-0.3, -0.25) is 10.1 Å². The predicted octanol–water partition coefficient (Wildman–Crippen LogP) is 3.50. The van der Waals surface area contributed by atoms with Crippen molar-refractivity contribution in [3.8, 4) is 5.75 Å². The minimum absolute atomic E-state index is 0.300. The number of rotatable bonds is 6. The Labute approximate surface area is 148 Å². The quantitative estimate of drug-likeness (QED) is 0.597. The summed E-state index contributed by atoms with van der Waals surface area (Å²) in [5.41, 5.74) is 0.421. The third-order valence-electron chi connectivity index (χ3n) is 3.02. The molecule has 0 radical (unpaired) electrons. The standard InChI is InChI=1S/C15H15Cl3N2O3/c1-22-11-6-4-10(5-7-11)13(21)20-14(15(16,17)18)19-9-12-3-2-8-23-12/h2-8,14,19H,9H2,1H3,(H,20,21). The highest BCUT2D eigenvalue weighted by Gasteiger charge is 2.34. The molecule has 23 heavy (non-hydrogen) atoms. The molecule has 1 amide bonds. The lowest BCUT2D eigenvalue weighted by Gasteiger charge is -2.26. The number of hydrogen-bond donors (Lipinski definition) is 2. The summed E-state index contributed by atoms with van der Waals surface area (Å²) in [4.78, 5) is 12.3. The van der Waals surface area contributed by atoms with E-state index in [0.717, 1.165) is 0 Å². The highest BCUT2D eigenvalue weighted by atomic mass is 35.6. The smallest absolute Gasteiger partial charge is 0.252 e. The molecule has 1 heterocycles. The Bertz CT molecular complexity index is 624. The van der Waals surface area contributed by atoms with E-state index in [1.807, 2.05) is 0 Å². The first-order valence-electron chi connectivity index (χ1n) is 6.67. The first-order chi connectivity index (χ1) is 10.9. The number of alkyl halides is 3. The number of halogens is 3. The maximum atomic E-state index is 12.3. The highest BCUT2D eigenvalue weighted by molar-refractivity contribution is 6.68. The first-order valence-corrected chi connectivity index (χ1v) is 7.81. The molecule has 0 saturated carbocycles. The number of methoxy groups -OCH3 is 1. The van der Waals surface area contributed by atoms with E-state index in [2.05, 4.69) is 10.6 Å². The lowest BCUT2D eigenvalue weighted by atomic mass is 10.2. The van der Waals surface area contributed by atoms with Crippen LogP contribution in [0.25, 0.3) is 0 Å². The third kappa shape index (κ3) is 5.32. The molecule has 0 aliphatic heterocycles. The maximum Gasteiger partial charge on any atom is 0.252 e. The Morgan fingerprint density at radius 2 is 1.96 bits per heavy atom. The van der Waals surface area contributed by atoms with Crippen molar-refractivity contribution in [2.75, 3.05) is 7.11 Å². The minimum atomic E-state index is -1.73. The van der Waals surface area contributed by atoms with E-state index in [-0.39, 0.29) is 5.91 Å². The molecule has 2 aromatic rings. The van der Waals surface area contributed by atoms with Gasteiger partial charge in [-0.2, -0.15) is 0 Å². The van der Waals surface area contributed by atoms with Crippen LogP contribution in [0, 0.1) is 0 Å². The van der Waals surface area contributed by atoms with Crippen LogP contribution in [-0.4, -0.2) is 23.0 Å². The molecule has 0 fully saturated rings. The van der Waals surface area contributed by atoms with Gasteiger partial charge in [-0.05, 0) is 36.4 Å². The maximum absolute atomic E-state index is 12.3. The number of nitrogens with one attached hydrogen (secondary N) is 2. The van der Waals surface area contributed by atoms with Gasteiger partial charge in [0.2, 0.25) is 3.79 Å². The summed E-state index contributed by atoms with van der Waals surface area (Å²) in [5, 5.41) is 5.58. The van der Waals surface area contributed by atoms with Crippen molar-refractivity contribution in [1.29, 1.82) is 0 Å². The molecule has 124 valence electrons. The van der Waals surface area contributed by atoms with Gasteiger partial charge in [-0.25, -0.2) is 0 Å². The van der Waals surface area contributed by atoms with Crippen LogP contribution in [0.3, 0.4) is 0 Å². The van der Waals surface area contributed by atoms with Gasteiger partial charge in [-0.1, -0.05) is 34.8 Å². The fourth-order valence-corrected chi connectivity index (χ4v) is 2.22. The summed E-state index contributed by atoms with van der Waals surface area (Å²) in [7, 11) is 1.55. The third-order valence-corrected chi connectivity index (χ3v) is 3.67. The van der Waals surface area contributed by atoms with Crippen LogP contribution in [0.15, 0.2) is 47.1 Å². The zero-order valence-corrected chi connectivity index (χ0v) is 14.5. The van der Waals surface area contributed by atoms with Crippen LogP contribution in [0.2, 0.25) is 0 Å². The molecule has 8 heteroatoms. The van der Waals surface area contributed by atoms with Crippen molar-refractivity contribution >= 4 is 40.7 Å². The monoisotopic (exact) mass is 376 g/mol. The van der Waals surface area contributed by atoms with Gasteiger partial charge in [0.25, 0.3) is 5.91 Å². The average molecular weight is 378 g/mol. The van der Waals surface area contributed by atoms with Crippen LogP contribution in [0.1, 0.15) is 16.1 Å². The second kappa shape index (κ2) is 7.93. The lowest BCUT2D eigenvalue weighted by molar-refractivity contribution is 0.0928. The zero-order chi connectivity index (χ0) is 16.9. The first kappa shape index (κ1) is 17.9. The predicted molar refractivity (Wildman–Crippen MR) is 90.1 cm³/mol. The molecule has 0 spiro atoms. The van der Waals surface area contributed by atoms with Gasteiger partial charge >= 0.3 is 0 Å². The van der Waals surface area contributed by atoms with E-state index < -0.39 is 9.96 Å².